The van der Waals surface area contributed by atoms with Gasteiger partial charge in [-0.1, -0.05) is 58.5 Å². The van der Waals surface area contributed by atoms with Crippen molar-refractivity contribution in [2.45, 2.75) is 52.1 Å². The molecule has 0 aliphatic rings. The molecule has 0 saturated carbocycles. The number of hydrogen-bond donors (Lipinski definition) is 4. The van der Waals surface area contributed by atoms with Crippen molar-refractivity contribution >= 4 is 116 Å². The summed E-state index contributed by atoms with van der Waals surface area (Å²) >= 11 is 24.7. The van der Waals surface area contributed by atoms with Crippen LogP contribution in [-0.2, 0) is 31.5 Å². The summed E-state index contributed by atoms with van der Waals surface area (Å²) in [6, 6.07) is 12.0. The summed E-state index contributed by atoms with van der Waals surface area (Å²) in [5.41, 5.74) is -1.89. The molecule has 0 radical (unpaired) electrons. The first-order valence-corrected chi connectivity index (χ1v) is 20.8. The number of carbonyl (C=O) groups excluding carboxylic acids is 6. The number of rotatable bonds is 14. The van der Waals surface area contributed by atoms with Gasteiger partial charge in [0.1, 0.15) is 11.4 Å². The van der Waals surface area contributed by atoms with Gasteiger partial charge in [0, 0.05) is 11.4 Å². The van der Waals surface area contributed by atoms with Crippen LogP contribution in [0.4, 0.5) is 60.5 Å². The molecule has 0 aliphatic heterocycles. The Labute approximate surface area is 401 Å². The fraction of sp³-hybridized carbons (Fsp3) is 0.182. The van der Waals surface area contributed by atoms with Gasteiger partial charge in [0.15, 0.2) is 11.6 Å². The Morgan fingerprint density at radius 2 is 0.853 bits per heavy atom. The highest BCUT2D eigenvalue weighted by molar-refractivity contribution is 6.38. The Hall–Kier alpha value is -6.74. The van der Waals surface area contributed by atoms with E-state index in [1.165, 1.54) is 48.5 Å². The molecule has 0 aliphatic carbocycles. The Morgan fingerprint density at radius 3 is 1.16 bits per heavy atom. The van der Waals surface area contributed by atoms with Crippen molar-refractivity contribution < 1.29 is 55.1 Å². The quantitative estimate of drug-likeness (QED) is 0.0484. The molecule has 4 N–H and O–H groups in total. The number of ketones is 2. The summed E-state index contributed by atoms with van der Waals surface area (Å²) in [4.78, 5) is 78.0. The van der Waals surface area contributed by atoms with E-state index in [9.17, 15) is 55.1 Å². The minimum Gasteiger partial charge on any atom is -0.324 e. The Kier molecular flexibility index (Phi) is 16.5. The van der Waals surface area contributed by atoms with Gasteiger partial charge in [0.25, 0.3) is 23.6 Å². The average Bonchev–Trinajstić information content (AvgIpc) is 3.24. The van der Waals surface area contributed by atoms with Crippen LogP contribution >= 0.6 is 46.4 Å². The largest absolute Gasteiger partial charge is 0.416 e. The van der Waals surface area contributed by atoms with E-state index in [1.54, 1.807) is 13.8 Å². The first-order valence-electron chi connectivity index (χ1n) is 19.3. The second-order valence-electron chi connectivity index (χ2n) is 14.5. The standard InChI is InChI=1S/C44H32Cl4F6N8O6/c1-19-15-34(58-42(68)38(22(4)64)62-60-32-10-6-8-26(36(32)48)40(66)56-30-14-12-24(18-28(30)46)44(52,53)54)20(2)16-33(19)57-41(67)37(21(3)63)61-59-31-9-5-7-25(35(31)47)39(65)55-29-13-11-23(17-27(29)45)43(49,50)51/h5-18,37-38H,1-4H3,(H,55,65)(H,56,66)(H,57,67)(H,58,68). The van der Waals surface area contributed by atoms with Crippen molar-refractivity contribution in [2.24, 2.45) is 20.5 Å². The van der Waals surface area contributed by atoms with Gasteiger partial charge >= 0.3 is 12.4 Å². The molecule has 5 rings (SSSR count). The number of benzene rings is 5. The number of nitrogens with zero attached hydrogens (tertiary/aromatic N) is 4. The van der Waals surface area contributed by atoms with E-state index in [-0.39, 0.29) is 55.3 Å². The minimum atomic E-state index is -4.67. The SMILES string of the molecule is CC(=O)C(N=Nc1cccc(C(=O)Nc2ccc(C(F)(F)F)cc2Cl)c1Cl)C(=O)Nc1cc(C)c(NC(=O)C(N=Nc2cccc(C(=O)Nc3ccc(C(F)(F)F)cc3Cl)c2Cl)C(C)=O)cc1C. The number of nitrogens with one attached hydrogen (secondary N) is 4. The van der Waals surface area contributed by atoms with Crippen LogP contribution in [0.2, 0.25) is 20.1 Å². The molecular weight excluding hydrogens is 992 g/mol. The summed E-state index contributed by atoms with van der Waals surface area (Å²) in [5, 5.41) is 24.1. The van der Waals surface area contributed by atoms with Gasteiger partial charge in [0.2, 0.25) is 12.1 Å². The number of azo groups is 2. The van der Waals surface area contributed by atoms with Gasteiger partial charge in [0.05, 0.1) is 53.7 Å². The zero-order valence-corrected chi connectivity index (χ0v) is 38.3. The first-order chi connectivity index (χ1) is 31.8. The highest BCUT2D eigenvalue weighted by atomic mass is 35.5. The topological polar surface area (TPSA) is 200 Å². The van der Waals surface area contributed by atoms with E-state index in [0.29, 0.717) is 23.3 Å². The smallest absolute Gasteiger partial charge is 0.324 e. The predicted octanol–water partition coefficient (Wildman–Crippen LogP) is 12.8. The van der Waals surface area contributed by atoms with Crippen LogP contribution in [0.25, 0.3) is 0 Å². The van der Waals surface area contributed by atoms with Crippen LogP contribution in [0.1, 0.15) is 56.8 Å². The van der Waals surface area contributed by atoms with Crippen molar-refractivity contribution in [1.82, 2.24) is 0 Å². The molecule has 354 valence electrons. The Bertz CT molecular complexity index is 2740. The monoisotopic (exact) mass is 1020 g/mol. The molecule has 5 aromatic carbocycles. The lowest BCUT2D eigenvalue weighted by molar-refractivity contribution is -0.138. The van der Waals surface area contributed by atoms with Crippen LogP contribution in [0.3, 0.4) is 0 Å². The van der Waals surface area contributed by atoms with Crippen molar-refractivity contribution in [3.63, 3.8) is 0 Å². The second-order valence-corrected chi connectivity index (χ2v) is 16.1. The van der Waals surface area contributed by atoms with E-state index in [4.69, 9.17) is 46.4 Å². The van der Waals surface area contributed by atoms with E-state index < -0.39 is 80.8 Å². The van der Waals surface area contributed by atoms with Crippen LogP contribution in [-0.4, -0.2) is 47.3 Å². The molecule has 0 bridgehead atoms. The normalized spacial score (nSPS) is 12.7. The van der Waals surface area contributed by atoms with Gasteiger partial charge in [-0.3, -0.25) is 28.8 Å². The van der Waals surface area contributed by atoms with Gasteiger partial charge in [-0.25, -0.2) is 0 Å². The lowest BCUT2D eigenvalue weighted by Gasteiger charge is -2.16. The number of alkyl halides is 6. The lowest BCUT2D eigenvalue weighted by Crippen LogP contribution is -2.32. The van der Waals surface area contributed by atoms with E-state index in [0.717, 1.165) is 38.1 Å². The molecule has 0 saturated heterocycles. The highest BCUT2D eigenvalue weighted by Gasteiger charge is 2.33. The third-order valence-electron chi connectivity index (χ3n) is 9.45. The average molecular weight is 1020 g/mol. The van der Waals surface area contributed by atoms with Crippen molar-refractivity contribution in [3.8, 4) is 0 Å². The van der Waals surface area contributed by atoms with Crippen LogP contribution < -0.4 is 21.3 Å². The fourth-order valence-corrected chi connectivity index (χ4v) is 6.83. The lowest BCUT2D eigenvalue weighted by atomic mass is 10.1. The zero-order chi connectivity index (χ0) is 50.4. The molecule has 5 aromatic rings. The molecule has 2 atom stereocenters. The minimum absolute atomic E-state index is 0.141. The molecule has 68 heavy (non-hydrogen) atoms. The molecule has 0 heterocycles. The third kappa shape index (κ3) is 12.8. The number of carbonyl (C=O) groups is 6. The van der Waals surface area contributed by atoms with E-state index >= 15 is 0 Å². The summed E-state index contributed by atoms with van der Waals surface area (Å²) in [5.74, 6) is -5.07. The molecular formula is C44H32Cl4F6N8O6. The number of amides is 4. The number of Topliss-reactive ketones (excluding diaryl/α,β-unsaturated/α-hetero) is 2. The molecule has 24 heteroatoms. The number of aryl methyl sites for hydroxylation is 2. The number of hydrogen-bond acceptors (Lipinski definition) is 10. The molecule has 0 spiro atoms. The predicted molar refractivity (Wildman–Crippen MR) is 243 cm³/mol. The number of halogens is 10. The molecule has 2 unspecified atom stereocenters. The van der Waals surface area contributed by atoms with E-state index in [1.807, 2.05) is 0 Å². The Morgan fingerprint density at radius 1 is 0.500 bits per heavy atom. The van der Waals surface area contributed by atoms with Gasteiger partial charge < -0.3 is 21.3 Å². The summed E-state index contributed by atoms with van der Waals surface area (Å²) in [6.45, 7) is 5.27. The fourth-order valence-electron chi connectivity index (χ4n) is 5.87. The molecule has 14 nitrogen and oxygen atoms in total. The second kappa shape index (κ2) is 21.5. The van der Waals surface area contributed by atoms with Gasteiger partial charge in [-0.2, -0.15) is 46.8 Å². The van der Waals surface area contributed by atoms with Crippen LogP contribution in [0.15, 0.2) is 105 Å². The molecule has 0 aromatic heterocycles. The Balaban J connectivity index is 1.26. The zero-order valence-electron chi connectivity index (χ0n) is 35.3. The van der Waals surface area contributed by atoms with Crippen molar-refractivity contribution in [3.05, 3.63) is 138 Å². The maximum Gasteiger partial charge on any atom is 0.416 e. The van der Waals surface area contributed by atoms with Crippen LogP contribution in [0.5, 0.6) is 0 Å². The molecule has 4 amide bonds. The maximum absolute atomic E-state index is 13.4. The third-order valence-corrected chi connectivity index (χ3v) is 10.9. The number of anilines is 4. The first kappa shape index (κ1) is 52.2. The molecule has 0 fully saturated rings. The summed E-state index contributed by atoms with van der Waals surface area (Å²) in [6.07, 6.45) is -9.34. The van der Waals surface area contributed by atoms with Gasteiger partial charge in [-0.15, -0.1) is 0 Å². The summed E-state index contributed by atoms with van der Waals surface area (Å²) in [7, 11) is 0. The van der Waals surface area contributed by atoms with Crippen molar-refractivity contribution in [2.75, 3.05) is 21.3 Å². The van der Waals surface area contributed by atoms with E-state index in [2.05, 4.69) is 41.7 Å². The van der Waals surface area contributed by atoms with Crippen molar-refractivity contribution in [1.29, 1.82) is 0 Å². The maximum atomic E-state index is 13.4. The van der Waals surface area contributed by atoms with Crippen LogP contribution in [0, 0.1) is 13.8 Å². The highest BCUT2D eigenvalue weighted by Crippen LogP contribution is 2.37. The van der Waals surface area contributed by atoms with Gasteiger partial charge in [-0.05, 0) is 112 Å². The summed E-state index contributed by atoms with van der Waals surface area (Å²) < 4.78 is 78.4.